The van der Waals surface area contributed by atoms with Crippen molar-refractivity contribution in [2.45, 2.75) is 32.1 Å². The summed E-state index contributed by atoms with van der Waals surface area (Å²) in [5.74, 6) is -0.804. The number of amides is 1. The minimum absolute atomic E-state index is 0.279. The van der Waals surface area contributed by atoms with Crippen LogP contribution in [0.2, 0.25) is 0 Å². The van der Waals surface area contributed by atoms with Gasteiger partial charge in [-0.25, -0.2) is 18.7 Å². The monoisotopic (exact) mass is 417 g/mol. The van der Waals surface area contributed by atoms with E-state index in [9.17, 15) is 14.0 Å². The lowest BCUT2D eigenvalue weighted by molar-refractivity contribution is 0.100. The van der Waals surface area contributed by atoms with Crippen molar-refractivity contribution in [2.24, 2.45) is 0 Å². The van der Waals surface area contributed by atoms with Crippen LogP contribution in [0.4, 0.5) is 4.39 Å². The normalized spacial score (nSPS) is 13.6. The van der Waals surface area contributed by atoms with Gasteiger partial charge in [0.1, 0.15) is 12.1 Å². The van der Waals surface area contributed by atoms with Crippen molar-refractivity contribution in [3.05, 3.63) is 88.0 Å². The fourth-order valence-corrected chi connectivity index (χ4v) is 4.07. The highest BCUT2D eigenvalue weighted by Crippen LogP contribution is 2.26. The molecule has 0 radical (unpaired) electrons. The molecule has 31 heavy (non-hydrogen) atoms. The Labute approximate surface area is 177 Å². The number of hydrogen-bond acceptors (Lipinski definition) is 4. The van der Waals surface area contributed by atoms with E-state index in [0.29, 0.717) is 16.6 Å². The lowest BCUT2D eigenvalue weighted by Crippen LogP contribution is -2.33. The van der Waals surface area contributed by atoms with Crippen LogP contribution >= 0.6 is 0 Å². The fraction of sp³-hybridized carbons (Fsp3) is 0.217. The number of para-hydroxylation sites is 1. The van der Waals surface area contributed by atoms with Crippen LogP contribution < -0.4 is 11.0 Å². The largest absolute Gasteiger partial charge is 0.291 e. The number of carbonyl (C=O) groups is 1. The zero-order valence-electron chi connectivity index (χ0n) is 16.7. The number of nitrogens with zero attached hydrogens (tertiary/aromatic N) is 4. The van der Waals surface area contributed by atoms with Crippen LogP contribution in [0.3, 0.4) is 0 Å². The summed E-state index contributed by atoms with van der Waals surface area (Å²) >= 11 is 0. The first-order valence-electron chi connectivity index (χ1n) is 10.3. The Kier molecular flexibility index (Phi) is 4.82. The molecule has 0 saturated carbocycles. The Morgan fingerprint density at radius 1 is 1.00 bits per heavy atom. The van der Waals surface area contributed by atoms with Crippen LogP contribution in [0.15, 0.2) is 59.7 Å². The van der Waals surface area contributed by atoms with E-state index in [-0.39, 0.29) is 17.1 Å². The Morgan fingerprint density at radius 2 is 1.77 bits per heavy atom. The van der Waals surface area contributed by atoms with Crippen molar-refractivity contribution >= 4 is 16.8 Å². The minimum Gasteiger partial charge on any atom is -0.267 e. The molecule has 1 aliphatic rings. The maximum absolute atomic E-state index is 13.4. The summed E-state index contributed by atoms with van der Waals surface area (Å²) in [4.78, 5) is 30.1. The molecule has 1 amide bonds. The molecule has 156 valence electrons. The maximum atomic E-state index is 13.4. The van der Waals surface area contributed by atoms with E-state index >= 15 is 0 Å². The molecular weight excluding hydrogens is 397 g/mol. The van der Waals surface area contributed by atoms with Gasteiger partial charge in [0.25, 0.3) is 11.5 Å². The van der Waals surface area contributed by atoms with E-state index in [2.05, 4.69) is 15.5 Å². The van der Waals surface area contributed by atoms with E-state index in [1.54, 1.807) is 41.1 Å². The summed E-state index contributed by atoms with van der Waals surface area (Å²) in [7, 11) is 0. The summed E-state index contributed by atoms with van der Waals surface area (Å²) in [5, 5.41) is 4.99. The molecular formula is C23H20FN5O2. The van der Waals surface area contributed by atoms with E-state index in [1.165, 1.54) is 18.5 Å². The molecule has 4 aromatic rings. The maximum Gasteiger partial charge on any atom is 0.291 e. The Hall–Kier alpha value is -3.81. The standard InChI is InChI=1S/C23H20FN5O2/c24-15-10-12-16(13-11-15)29-20-9-3-1-2-7-18(20)21(26-29)22(30)27-28-14-25-19-8-5-4-6-17(19)23(28)31/h4-6,8,10-14H,1-3,7,9H2,(H,27,30). The lowest BCUT2D eigenvalue weighted by atomic mass is 10.1. The predicted molar refractivity (Wildman–Crippen MR) is 114 cm³/mol. The van der Waals surface area contributed by atoms with Crippen LogP contribution in [0.1, 0.15) is 41.0 Å². The fourth-order valence-electron chi connectivity index (χ4n) is 4.07. The van der Waals surface area contributed by atoms with Crippen molar-refractivity contribution < 1.29 is 9.18 Å². The molecule has 0 spiro atoms. The van der Waals surface area contributed by atoms with Crippen LogP contribution in [0.25, 0.3) is 16.6 Å². The Morgan fingerprint density at radius 3 is 2.61 bits per heavy atom. The Bertz CT molecular complexity index is 1340. The molecule has 8 heteroatoms. The summed E-state index contributed by atoms with van der Waals surface area (Å²) in [5.41, 5.74) is 5.64. The van der Waals surface area contributed by atoms with Gasteiger partial charge in [0.2, 0.25) is 0 Å². The zero-order chi connectivity index (χ0) is 21.4. The first-order chi connectivity index (χ1) is 15.1. The number of aromatic nitrogens is 4. The van der Waals surface area contributed by atoms with Gasteiger partial charge in [-0.2, -0.15) is 5.10 Å². The van der Waals surface area contributed by atoms with Crippen LogP contribution in [0.5, 0.6) is 0 Å². The van der Waals surface area contributed by atoms with E-state index in [0.717, 1.165) is 48.0 Å². The van der Waals surface area contributed by atoms with Gasteiger partial charge in [0, 0.05) is 11.3 Å². The molecule has 2 heterocycles. The molecule has 1 aliphatic carbocycles. The van der Waals surface area contributed by atoms with Gasteiger partial charge < -0.3 is 0 Å². The quantitative estimate of drug-likeness (QED) is 0.518. The minimum atomic E-state index is -0.474. The van der Waals surface area contributed by atoms with Gasteiger partial charge in [-0.05, 0) is 62.1 Å². The van der Waals surface area contributed by atoms with E-state index < -0.39 is 5.91 Å². The number of halogens is 1. The number of fused-ring (bicyclic) bond motifs is 2. The summed E-state index contributed by atoms with van der Waals surface area (Å²) < 4.78 is 16.2. The molecule has 5 rings (SSSR count). The lowest BCUT2D eigenvalue weighted by Gasteiger charge is -2.08. The first-order valence-corrected chi connectivity index (χ1v) is 10.3. The summed E-state index contributed by atoms with van der Waals surface area (Å²) in [6.07, 6.45) is 5.83. The molecule has 0 atom stereocenters. The SMILES string of the molecule is O=C(Nn1cnc2ccccc2c1=O)c1nn(-c2ccc(F)cc2)c2c1CCCCC2. The van der Waals surface area contributed by atoms with Crippen LogP contribution in [0, 0.1) is 5.82 Å². The smallest absolute Gasteiger partial charge is 0.267 e. The third kappa shape index (κ3) is 3.50. The average molecular weight is 417 g/mol. The summed E-state index contributed by atoms with van der Waals surface area (Å²) in [6, 6.07) is 13.0. The molecule has 2 aromatic heterocycles. The second-order valence-corrected chi connectivity index (χ2v) is 7.60. The molecule has 0 bridgehead atoms. The van der Waals surface area contributed by atoms with Crippen molar-refractivity contribution in [1.29, 1.82) is 0 Å². The summed E-state index contributed by atoms with van der Waals surface area (Å²) in [6.45, 7) is 0. The molecule has 0 fully saturated rings. The van der Waals surface area contributed by atoms with Gasteiger partial charge in [-0.15, -0.1) is 0 Å². The topological polar surface area (TPSA) is 81.8 Å². The van der Waals surface area contributed by atoms with Crippen molar-refractivity contribution in [2.75, 3.05) is 5.43 Å². The van der Waals surface area contributed by atoms with Gasteiger partial charge in [0.15, 0.2) is 5.69 Å². The molecule has 0 aliphatic heterocycles. The van der Waals surface area contributed by atoms with Crippen molar-refractivity contribution in [3.63, 3.8) is 0 Å². The predicted octanol–water partition coefficient (Wildman–Crippen LogP) is 3.37. The van der Waals surface area contributed by atoms with Crippen LogP contribution in [-0.4, -0.2) is 25.3 Å². The average Bonchev–Trinajstić information content (AvgIpc) is 2.97. The number of benzene rings is 2. The zero-order valence-corrected chi connectivity index (χ0v) is 16.7. The number of nitrogens with one attached hydrogen (secondary N) is 1. The van der Waals surface area contributed by atoms with Gasteiger partial charge >= 0.3 is 0 Å². The molecule has 0 saturated heterocycles. The molecule has 2 aromatic carbocycles. The second kappa shape index (κ2) is 7.79. The van der Waals surface area contributed by atoms with Gasteiger partial charge in [0.05, 0.1) is 16.6 Å². The van der Waals surface area contributed by atoms with Gasteiger partial charge in [-0.1, -0.05) is 18.6 Å². The van der Waals surface area contributed by atoms with Crippen LogP contribution in [-0.2, 0) is 12.8 Å². The molecule has 7 nitrogen and oxygen atoms in total. The first kappa shape index (κ1) is 19.2. The van der Waals surface area contributed by atoms with E-state index in [4.69, 9.17) is 0 Å². The highest BCUT2D eigenvalue weighted by atomic mass is 19.1. The van der Waals surface area contributed by atoms with Crippen molar-refractivity contribution in [3.8, 4) is 5.69 Å². The van der Waals surface area contributed by atoms with E-state index in [1.807, 2.05) is 0 Å². The van der Waals surface area contributed by atoms with Gasteiger partial charge in [-0.3, -0.25) is 15.0 Å². The highest BCUT2D eigenvalue weighted by molar-refractivity contribution is 6.00. The van der Waals surface area contributed by atoms with Crippen molar-refractivity contribution in [1.82, 2.24) is 19.4 Å². The number of rotatable bonds is 3. The second-order valence-electron chi connectivity index (χ2n) is 7.60. The Balaban J connectivity index is 1.55. The third-order valence-electron chi connectivity index (χ3n) is 5.60. The molecule has 0 unspecified atom stereocenters. The number of hydrogen-bond donors (Lipinski definition) is 1. The molecule has 1 N–H and O–H groups in total. The third-order valence-corrected chi connectivity index (χ3v) is 5.60. The highest BCUT2D eigenvalue weighted by Gasteiger charge is 2.25. The number of carbonyl (C=O) groups excluding carboxylic acids is 1.